The number of rotatable bonds is 5. The molecule has 168 valence electrons. The Morgan fingerprint density at radius 3 is 2.61 bits per heavy atom. The molecule has 1 aliphatic rings. The molecule has 3 rings (SSSR count). The van der Waals surface area contributed by atoms with Gasteiger partial charge < -0.3 is 20.5 Å². The predicted octanol–water partition coefficient (Wildman–Crippen LogP) is 3.76. The van der Waals surface area contributed by atoms with Crippen molar-refractivity contribution in [1.29, 1.82) is 0 Å². The highest BCUT2D eigenvalue weighted by Crippen LogP contribution is 2.43. The smallest absolute Gasteiger partial charge is 0.411 e. The van der Waals surface area contributed by atoms with E-state index in [0.717, 1.165) is 16.9 Å². The Kier molecular flexibility index (Phi) is 5.89. The first-order chi connectivity index (χ1) is 14.4. The normalized spacial score (nSPS) is 14.8. The molecule has 0 atom stereocenters. The van der Waals surface area contributed by atoms with E-state index in [9.17, 15) is 9.59 Å². The fourth-order valence-corrected chi connectivity index (χ4v) is 3.72. The molecule has 1 aliphatic heterocycles. The average molecular weight is 430 g/mol. The van der Waals surface area contributed by atoms with Gasteiger partial charge in [-0.15, -0.1) is 0 Å². The van der Waals surface area contributed by atoms with Crippen LogP contribution in [0, 0.1) is 0 Å². The van der Waals surface area contributed by atoms with E-state index in [0.29, 0.717) is 18.1 Å². The number of ether oxygens (including phenoxy) is 2. The Bertz CT molecular complexity index is 990. The van der Waals surface area contributed by atoms with Crippen LogP contribution in [-0.2, 0) is 32.9 Å². The molecule has 1 aromatic heterocycles. The van der Waals surface area contributed by atoms with Gasteiger partial charge in [-0.3, -0.25) is 14.4 Å². The first kappa shape index (κ1) is 22.5. The Morgan fingerprint density at radius 1 is 1.29 bits per heavy atom. The lowest BCUT2D eigenvalue weighted by molar-refractivity contribution is -0.144. The fourth-order valence-electron chi connectivity index (χ4n) is 3.72. The van der Waals surface area contributed by atoms with Crippen LogP contribution < -0.4 is 11.1 Å². The van der Waals surface area contributed by atoms with Gasteiger partial charge in [-0.25, -0.2) is 4.79 Å². The average Bonchev–Trinajstić information content (AvgIpc) is 3.09. The third-order valence-corrected chi connectivity index (χ3v) is 4.97. The van der Waals surface area contributed by atoms with Crippen molar-refractivity contribution < 1.29 is 19.1 Å². The summed E-state index contributed by atoms with van der Waals surface area (Å²) in [7, 11) is 0. The van der Waals surface area contributed by atoms with E-state index in [1.807, 2.05) is 46.8 Å². The van der Waals surface area contributed by atoms with E-state index < -0.39 is 23.2 Å². The number of nitrogens with two attached hydrogens (primary N) is 1. The van der Waals surface area contributed by atoms with Crippen molar-refractivity contribution in [2.24, 2.45) is 0 Å². The SMILES string of the molecule is CCOC(=O)Cn1nc(Nc2cccc(N)c2)c2c1C(C)(C)N(C(=O)OC(C)(C)C)C2. The van der Waals surface area contributed by atoms with Crippen molar-refractivity contribution in [2.45, 2.75) is 65.8 Å². The molecule has 0 radical (unpaired) electrons. The van der Waals surface area contributed by atoms with E-state index >= 15 is 0 Å². The number of anilines is 3. The number of hydrogen-bond acceptors (Lipinski definition) is 7. The lowest BCUT2D eigenvalue weighted by Gasteiger charge is -2.34. The number of fused-ring (bicyclic) bond motifs is 1. The maximum absolute atomic E-state index is 12.9. The molecule has 9 heteroatoms. The Hall–Kier alpha value is -3.23. The Morgan fingerprint density at radius 2 is 2.00 bits per heavy atom. The highest BCUT2D eigenvalue weighted by molar-refractivity contribution is 5.74. The Labute approximate surface area is 182 Å². The summed E-state index contributed by atoms with van der Waals surface area (Å²) in [5.41, 5.74) is 7.49. The van der Waals surface area contributed by atoms with Crippen LogP contribution in [-0.4, -0.2) is 39.0 Å². The second-order valence-corrected chi connectivity index (χ2v) is 9.01. The van der Waals surface area contributed by atoms with Crippen molar-refractivity contribution in [3.05, 3.63) is 35.5 Å². The molecule has 2 aromatic rings. The number of nitrogen functional groups attached to an aromatic ring is 1. The Balaban J connectivity index is 2.01. The summed E-state index contributed by atoms with van der Waals surface area (Å²) in [5, 5.41) is 7.90. The molecular formula is C22H31N5O4. The zero-order valence-electron chi connectivity index (χ0n) is 19.0. The van der Waals surface area contributed by atoms with Gasteiger partial charge >= 0.3 is 12.1 Å². The van der Waals surface area contributed by atoms with E-state index in [4.69, 9.17) is 15.2 Å². The molecule has 1 amide bonds. The van der Waals surface area contributed by atoms with Crippen molar-refractivity contribution in [1.82, 2.24) is 14.7 Å². The topological polar surface area (TPSA) is 112 Å². The number of nitrogens with zero attached hydrogens (tertiary/aromatic N) is 3. The minimum atomic E-state index is -0.743. The summed E-state index contributed by atoms with van der Waals surface area (Å²) < 4.78 is 12.3. The number of nitrogens with one attached hydrogen (secondary N) is 1. The zero-order chi connectivity index (χ0) is 23.0. The van der Waals surface area contributed by atoms with Crippen LogP contribution in [0.3, 0.4) is 0 Å². The van der Waals surface area contributed by atoms with Crippen LogP contribution in [0.1, 0.15) is 52.8 Å². The van der Waals surface area contributed by atoms with Gasteiger partial charge in [0.1, 0.15) is 12.1 Å². The maximum Gasteiger partial charge on any atom is 0.411 e. The standard InChI is InChI=1S/C22H31N5O4/c1-7-30-17(28)13-27-18-16(19(25-27)24-15-10-8-9-14(23)11-15)12-26(22(18,5)6)20(29)31-21(2,3)4/h8-11H,7,12-13,23H2,1-6H3,(H,24,25). The second-order valence-electron chi connectivity index (χ2n) is 9.01. The summed E-state index contributed by atoms with van der Waals surface area (Å²) in [5.74, 6) is 0.166. The molecule has 3 N–H and O–H groups in total. The highest BCUT2D eigenvalue weighted by atomic mass is 16.6. The van der Waals surface area contributed by atoms with Crippen LogP contribution in [0.5, 0.6) is 0 Å². The molecule has 0 fully saturated rings. The van der Waals surface area contributed by atoms with Crippen LogP contribution >= 0.6 is 0 Å². The van der Waals surface area contributed by atoms with Gasteiger partial charge in [-0.05, 0) is 59.7 Å². The summed E-state index contributed by atoms with van der Waals surface area (Å²) in [4.78, 5) is 26.8. The first-order valence-corrected chi connectivity index (χ1v) is 10.3. The van der Waals surface area contributed by atoms with Gasteiger partial charge in [0.15, 0.2) is 5.82 Å². The van der Waals surface area contributed by atoms with Crippen molar-refractivity contribution in [3.63, 3.8) is 0 Å². The first-order valence-electron chi connectivity index (χ1n) is 10.3. The fraction of sp³-hybridized carbons (Fsp3) is 0.500. The maximum atomic E-state index is 12.9. The van der Waals surface area contributed by atoms with Crippen LogP contribution in [0.25, 0.3) is 0 Å². The quantitative estimate of drug-likeness (QED) is 0.550. The molecule has 31 heavy (non-hydrogen) atoms. The van der Waals surface area contributed by atoms with Crippen molar-refractivity contribution >= 4 is 29.3 Å². The summed E-state index contributed by atoms with van der Waals surface area (Å²) in [6, 6.07) is 7.30. The third kappa shape index (κ3) is 4.76. The lowest BCUT2D eigenvalue weighted by atomic mass is 10.0. The summed E-state index contributed by atoms with van der Waals surface area (Å²) >= 11 is 0. The molecule has 0 saturated carbocycles. The molecule has 0 unspecified atom stereocenters. The van der Waals surface area contributed by atoms with Crippen molar-refractivity contribution in [3.8, 4) is 0 Å². The van der Waals surface area contributed by atoms with Crippen molar-refractivity contribution in [2.75, 3.05) is 17.7 Å². The van der Waals surface area contributed by atoms with Gasteiger partial charge in [0.25, 0.3) is 0 Å². The molecule has 0 spiro atoms. The predicted molar refractivity (Wildman–Crippen MR) is 118 cm³/mol. The molecule has 2 heterocycles. The van der Waals surface area contributed by atoms with Gasteiger partial charge in [0, 0.05) is 16.9 Å². The number of carbonyl (C=O) groups is 2. The zero-order valence-corrected chi connectivity index (χ0v) is 19.0. The molecule has 0 saturated heterocycles. The van der Waals surface area contributed by atoms with Crippen LogP contribution in [0.4, 0.5) is 22.0 Å². The molecule has 0 bridgehead atoms. The number of hydrogen-bond donors (Lipinski definition) is 2. The van der Waals surface area contributed by atoms with Gasteiger partial charge in [0.2, 0.25) is 0 Å². The van der Waals surface area contributed by atoms with E-state index in [-0.39, 0.29) is 13.2 Å². The minimum Gasteiger partial charge on any atom is -0.465 e. The molecule has 0 aliphatic carbocycles. The van der Waals surface area contributed by atoms with Crippen LogP contribution in [0.2, 0.25) is 0 Å². The number of amides is 1. The molecular weight excluding hydrogens is 398 g/mol. The summed E-state index contributed by atoms with van der Waals surface area (Å²) in [6.45, 7) is 11.6. The third-order valence-electron chi connectivity index (χ3n) is 4.97. The molecule has 1 aromatic carbocycles. The largest absolute Gasteiger partial charge is 0.465 e. The monoisotopic (exact) mass is 429 g/mol. The minimum absolute atomic E-state index is 0.0552. The summed E-state index contributed by atoms with van der Waals surface area (Å²) in [6.07, 6.45) is -0.425. The lowest BCUT2D eigenvalue weighted by Crippen LogP contribution is -2.44. The van der Waals surface area contributed by atoms with E-state index in [1.54, 1.807) is 28.6 Å². The highest BCUT2D eigenvalue weighted by Gasteiger charge is 2.47. The van der Waals surface area contributed by atoms with Crippen LogP contribution in [0.15, 0.2) is 24.3 Å². The number of carbonyl (C=O) groups excluding carboxylic acids is 2. The van der Waals surface area contributed by atoms with Gasteiger partial charge in [-0.1, -0.05) is 6.07 Å². The number of benzene rings is 1. The number of aromatic nitrogens is 2. The van der Waals surface area contributed by atoms with E-state index in [2.05, 4.69) is 10.4 Å². The molecule has 9 nitrogen and oxygen atoms in total. The number of esters is 1. The van der Waals surface area contributed by atoms with E-state index in [1.165, 1.54) is 0 Å². The second kappa shape index (κ2) is 8.13. The van der Waals surface area contributed by atoms with Gasteiger partial charge in [-0.2, -0.15) is 5.10 Å². The van der Waals surface area contributed by atoms with Gasteiger partial charge in [0.05, 0.1) is 24.4 Å².